The van der Waals surface area contributed by atoms with Gasteiger partial charge in [0.05, 0.1) is 14.7 Å². The third-order valence-electron chi connectivity index (χ3n) is 2.91. The molecule has 0 aliphatic heterocycles. The second kappa shape index (κ2) is 8.70. The van der Waals surface area contributed by atoms with Gasteiger partial charge in [0.15, 0.2) is 0 Å². The fourth-order valence-electron chi connectivity index (χ4n) is 2.05. The third-order valence-corrected chi connectivity index (χ3v) is 5.09. The van der Waals surface area contributed by atoms with Crippen LogP contribution in [0.15, 0.2) is 23.4 Å². The smallest absolute Gasteiger partial charge is 0.0776 e. The summed E-state index contributed by atoms with van der Waals surface area (Å²) in [5.41, 5.74) is 1.18. The van der Waals surface area contributed by atoms with E-state index in [1.807, 2.05) is 0 Å². The largest absolute Gasteiger partial charge is 0.380 e. The molecule has 0 heterocycles. The van der Waals surface area contributed by atoms with Crippen molar-refractivity contribution < 1.29 is 4.74 Å². The molecule has 0 bridgehead atoms. The quantitative estimate of drug-likeness (QED) is 0.321. The van der Waals surface area contributed by atoms with Crippen molar-refractivity contribution in [2.75, 3.05) is 13.7 Å². The molecular weight excluding hydrogens is 224 g/mol. The van der Waals surface area contributed by atoms with Crippen LogP contribution in [0.1, 0.15) is 39.0 Å². The summed E-state index contributed by atoms with van der Waals surface area (Å²) < 4.78 is 5.21. The molecule has 17 heavy (non-hydrogen) atoms. The van der Waals surface area contributed by atoms with Gasteiger partial charge in [-0.1, -0.05) is 63.7 Å². The fraction of sp³-hybridized carbons (Fsp3) is 0.733. The number of unbranched alkanes of at least 4 members (excludes halogenated alkanes) is 4. The maximum absolute atomic E-state index is 5.21. The number of allylic oxidation sites excluding steroid dienone is 1. The topological polar surface area (TPSA) is 9.23 Å². The lowest BCUT2D eigenvalue weighted by molar-refractivity contribution is 0.228. The average molecular weight is 254 g/mol. The van der Waals surface area contributed by atoms with E-state index in [-0.39, 0.29) is 0 Å². The zero-order valence-electron chi connectivity index (χ0n) is 12.4. The van der Waals surface area contributed by atoms with Gasteiger partial charge in [-0.3, -0.25) is 0 Å². The van der Waals surface area contributed by atoms with Crippen LogP contribution in [0, 0.1) is 0 Å². The normalized spacial score (nSPS) is 12.9. The maximum atomic E-state index is 5.21. The van der Waals surface area contributed by atoms with E-state index in [0.717, 1.165) is 0 Å². The minimum atomic E-state index is -1.27. The Balaban J connectivity index is 4.38. The molecule has 0 radical (unpaired) electrons. The molecule has 0 atom stereocenters. The standard InChI is InChI=1S/C15H30OSi/c1-7-8-9-10-11-12-15(17(4,5)6)14(2)13-16-3/h12H,2,7-11,13H2,1,3-6H3/b15-12-. The SMILES string of the molecule is C=C(COC)/C(=C/CCCCCC)[Si](C)(C)C. The summed E-state index contributed by atoms with van der Waals surface area (Å²) in [6.45, 7) is 14.2. The molecule has 0 amide bonds. The predicted molar refractivity (Wildman–Crippen MR) is 81.2 cm³/mol. The first kappa shape index (κ1) is 16.7. The summed E-state index contributed by atoms with van der Waals surface area (Å²) in [4.78, 5) is 0. The molecule has 0 aromatic heterocycles. The second-order valence-corrected chi connectivity index (χ2v) is 10.8. The van der Waals surface area contributed by atoms with Crippen LogP contribution in [0.4, 0.5) is 0 Å². The van der Waals surface area contributed by atoms with Crippen LogP contribution in [0.2, 0.25) is 19.6 Å². The monoisotopic (exact) mass is 254 g/mol. The number of rotatable bonds is 9. The van der Waals surface area contributed by atoms with Crippen LogP contribution in [-0.4, -0.2) is 21.8 Å². The fourth-order valence-corrected chi connectivity index (χ4v) is 3.94. The van der Waals surface area contributed by atoms with Crippen LogP contribution in [-0.2, 0) is 4.74 Å². The Kier molecular flexibility index (Phi) is 8.53. The van der Waals surface area contributed by atoms with E-state index in [2.05, 4.69) is 39.2 Å². The van der Waals surface area contributed by atoms with Crippen LogP contribution in [0.5, 0.6) is 0 Å². The molecule has 0 N–H and O–H groups in total. The van der Waals surface area contributed by atoms with E-state index in [4.69, 9.17) is 4.74 Å². The summed E-state index contributed by atoms with van der Waals surface area (Å²) in [7, 11) is 0.470. The van der Waals surface area contributed by atoms with E-state index in [1.54, 1.807) is 7.11 Å². The van der Waals surface area contributed by atoms with Gasteiger partial charge in [0.25, 0.3) is 0 Å². The maximum Gasteiger partial charge on any atom is 0.0776 e. The Morgan fingerprint density at radius 2 is 1.82 bits per heavy atom. The molecule has 0 aromatic carbocycles. The van der Waals surface area contributed by atoms with Crippen molar-refractivity contribution >= 4 is 8.07 Å². The lowest BCUT2D eigenvalue weighted by Gasteiger charge is -2.23. The Hall–Kier alpha value is -0.343. The number of methoxy groups -OCH3 is 1. The van der Waals surface area contributed by atoms with Gasteiger partial charge in [0.2, 0.25) is 0 Å². The van der Waals surface area contributed by atoms with Gasteiger partial charge in [-0.25, -0.2) is 0 Å². The highest BCUT2D eigenvalue weighted by Gasteiger charge is 2.21. The number of hydrogen-bond donors (Lipinski definition) is 0. The van der Waals surface area contributed by atoms with Crippen molar-refractivity contribution in [2.24, 2.45) is 0 Å². The summed E-state index contributed by atoms with van der Waals surface area (Å²) in [6, 6.07) is 0. The molecule has 0 saturated heterocycles. The Labute approximate surface area is 109 Å². The van der Waals surface area contributed by atoms with Gasteiger partial charge in [-0.15, -0.1) is 0 Å². The van der Waals surface area contributed by atoms with Crippen LogP contribution in [0.3, 0.4) is 0 Å². The van der Waals surface area contributed by atoms with E-state index < -0.39 is 8.07 Å². The lowest BCUT2D eigenvalue weighted by atomic mass is 10.1. The van der Waals surface area contributed by atoms with Crippen molar-refractivity contribution in [3.05, 3.63) is 23.4 Å². The van der Waals surface area contributed by atoms with Gasteiger partial charge in [0, 0.05) is 7.11 Å². The Morgan fingerprint density at radius 1 is 1.18 bits per heavy atom. The summed E-state index contributed by atoms with van der Waals surface area (Å²) in [6.07, 6.45) is 8.94. The van der Waals surface area contributed by atoms with Crippen LogP contribution in [0.25, 0.3) is 0 Å². The van der Waals surface area contributed by atoms with Crippen LogP contribution < -0.4 is 0 Å². The van der Waals surface area contributed by atoms with Gasteiger partial charge in [0.1, 0.15) is 0 Å². The van der Waals surface area contributed by atoms with Crippen LogP contribution >= 0.6 is 0 Å². The van der Waals surface area contributed by atoms with Crippen molar-refractivity contribution in [3.8, 4) is 0 Å². The molecule has 0 aromatic rings. The zero-order chi connectivity index (χ0) is 13.3. The zero-order valence-corrected chi connectivity index (χ0v) is 13.4. The first-order valence-corrected chi connectivity index (χ1v) is 10.3. The van der Waals surface area contributed by atoms with E-state index in [9.17, 15) is 0 Å². The number of ether oxygens (including phenoxy) is 1. The molecule has 1 nitrogen and oxygen atoms in total. The molecular formula is C15H30OSi. The molecule has 0 saturated carbocycles. The minimum Gasteiger partial charge on any atom is -0.380 e. The summed E-state index contributed by atoms with van der Waals surface area (Å²) >= 11 is 0. The Morgan fingerprint density at radius 3 is 2.29 bits per heavy atom. The summed E-state index contributed by atoms with van der Waals surface area (Å²) in [5.74, 6) is 0. The first-order chi connectivity index (χ1) is 7.93. The van der Waals surface area contributed by atoms with Gasteiger partial charge < -0.3 is 4.74 Å². The average Bonchev–Trinajstić information content (AvgIpc) is 2.21. The van der Waals surface area contributed by atoms with E-state index in [1.165, 1.54) is 42.9 Å². The molecule has 0 spiro atoms. The summed E-state index contributed by atoms with van der Waals surface area (Å²) in [5, 5.41) is 1.50. The lowest BCUT2D eigenvalue weighted by Crippen LogP contribution is -2.26. The number of hydrogen-bond acceptors (Lipinski definition) is 1. The molecule has 0 rings (SSSR count). The molecule has 0 aliphatic rings. The van der Waals surface area contributed by atoms with E-state index >= 15 is 0 Å². The van der Waals surface area contributed by atoms with Gasteiger partial charge in [-0.2, -0.15) is 0 Å². The molecule has 2 heteroatoms. The highest BCUT2D eigenvalue weighted by molar-refractivity contribution is 6.84. The Bertz CT molecular complexity index is 248. The third kappa shape index (κ3) is 7.56. The van der Waals surface area contributed by atoms with Gasteiger partial charge in [-0.05, 0) is 18.4 Å². The second-order valence-electron chi connectivity index (χ2n) is 5.75. The first-order valence-electron chi connectivity index (χ1n) is 6.81. The van der Waals surface area contributed by atoms with Crippen molar-refractivity contribution in [1.82, 2.24) is 0 Å². The van der Waals surface area contributed by atoms with E-state index in [0.29, 0.717) is 6.61 Å². The van der Waals surface area contributed by atoms with Crippen molar-refractivity contribution in [2.45, 2.75) is 58.7 Å². The predicted octanol–water partition coefficient (Wildman–Crippen LogP) is 4.96. The molecule has 0 fully saturated rings. The minimum absolute atomic E-state index is 0.672. The highest BCUT2D eigenvalue weighted by Crippen LogP contribution is 2.23. The van der Waals surface area contributed by atoms with Crippen molar-refractivity contribution in [1.29, 1.82) is 0 Å². The molecule has 0 unspecified atom stereocenters. The van der Waals surface area contributed by atoms with Crippen molar-refractivity contribution in [3.63, 3.8) is 0 Å². The molecule has 0 aliphatic carbocycles. The van der Waals surface area contributed by atoms with Gasteiger partial charge >= 0.3 is 0 Å². The molecule has 100 valence electrons. The highest BCUT2D eigenvalue weighted by atomic mass is 28.3.